The third kappa shape index (κ3) is 10.8. The molecule has 3 aliphatic heterocycles. The molecule has 0 fully saturated rings. The zero-order valence-corrected chi connectivity index (χ0v) is 35.6. The Morgan fingerprint density at radius 2 is 1.68 bits per heavy atom. The number of hydrogen-bond donors (Lipinski definition) is 3. The molecule has 5 rings (SSSR count). The number of ether oxygens (including phenoxy) is 2. The third-order valence-corrected chi connectivity index (χ3v) is 12.1. The van der Waals surface area contributed by atoms with Crippen molar-refractivity contribution in [2.45, 2.75) is 161 Å². The molecule has 0 bridgehead atoms. The van der Waals surface area contributed by atoms with Crippen molar-refractivity contribution in [2.24, 2.45) is 11.7 Å². The lowest BCUT2D eigenvalue weighted by Crippen LogP contribution is -2.50. The Labute approximate surface area is 349 Å². The van der Waals surface area contributed by atoms with Gasteiger partial charge in [-0.05, 0) is 61.4 Å². The number of amides is 2. The normalized spacial score (nSPS) is 18.1. The van der Waals surface area contributed by atoms with Crippen LogP contribution in [0.2, 0.25) is 0 Å². The second-order valence-corrected chi connectivity index (χ2v) is 16.5. The average molecular weight is 813 g/mol. The third-order valence-electron chi connectivity index (χ3n) is 12.1. The fourth-order valence-corrected chi connectivity index (χ4v) is 8.69. The first-order chi connectivity index (χ1) is 28.3. The number of carbonyl (C=O) groups is 5. The Kier molecular flexibility index (Phi) is 15.9. The van der Waals surface area contributed by atoms with Gasteiger partial charge in [0.05, 0.1) is 35.9 Å². The molecular formula is C47H64N4O8. The monoisotopic (exact) mass is 812 g/mol. The predicted molar refractivity (Wildman–Crippen MR) is 227 cm³/mol. The first kappa shape index (κ1) is 45.1. The molecule has 4 heterocycles. The summed E-state index contributed by atoms with van der Waals surface area (Å²) in [5.74, 6) is -2.72. The summed E-state index contributed by atoms with van der Waals surface area (Å²) in [6, 6.07) is 4.09. The Hall–Kier alpha value is -5.00. The van der Waals surface area contributed by atoms with Crippen LogP contribution in [0.5, 0.6) is 5.75 Å². The topological polar surface area (TPSA) is 178 Å². The Bertz CT molecular complexity index is 1980. The highest BCUT2D eigenvalue weighted by Crippen LogP contribution is 2.48. The molecule has 12 heteroatoms. The van der Waals surface area contributed by atoms with Gasteiger partial charge in [0.1, 0.15) is 12.4 Å². The first-order valence-corrected chi connectivity index (χ1v) is 21.9. The van der Waals surface area contributed by atoms with Crippen LogP contribution in [0.25, 0.3) is 16.6 Å². The number of nitrogens with zero attached hydrogens (tertiary/aromatic N) is 2. The molecule has 0 saturated heterocycles. The molecular weight excluding hydrogens is 749 g/mol. The van der Waals surface area contributed by atoms with Gasteiger partial charge in [0.15, 0.2) is 5.78 Å². The van der Waals surface area contributed by atoms with Gasteiger partial charge in [-0.2, -0.15) is 0 Å². The predicted octanol–water partition coefficient (Wildman–Crippen LogP) is 8.17. The molecule has 2 aromatic rings. The number of pyridine rings is 1. The zero-order chi connectivity index (χ0) is 42.7. The molecule has 0 saturated carbocycles. The number of aromatic nitrogens is 1. The van der Waals surface area contributed by atoms with E-state index in [1.165, 1.54) is 44.9 Å². The van der Waals surface area contributed by atoms with Crippen molar-refractivity contribution in [3.63, 3.8) is 0 Å². The van der Waals surface area contributed by atoms with Crippen LogP contribution < -0.4 is 11.1 Å². The van der Waals surface area contributed by atoms with E-state index in [2.05, 4.69) is 25.7 Å². The van der Waals surface area contributed by atoms with Gasteiger partial charge in [-0.3, -0.25) is 19.2 Å². The van der Waals surface area contributed by atoms with E-state index in [0.29, 0.717) is 36.2 Å². The fourth-order valence-electron chi connectivity index (χ4n) is 8.69. The van der Waals surface area contributed by atoms with E-state index in [0.717, 1.165) is 52.7 Å². The van der Waals surface area contributed by atoms with E-state index in [4.69, 9.17) is 20.2 Å². The van der Waals surface area contributed by atoms with E-state index in [9.17, 15) is 29.1 Å². The number of benzene rings is 1. The second kappa shape index (κ2) is 20.8. The maximum Gasteiger partial charge on any atom is 0.355 e. The number of primary amides is 1. The zero-order valence-electron chi connectivity index (χ0n) is 35.6. The highest BCUT2D eigenvalue weighted by atomic mass is 16.6. The standard InChI is InChI=1S/C47H64N4O8/c1-6-9-10-11-12-13-14-15-16-17-18-19-43(55)49-39(27-42(48)54)41(53)24-30(4)20-23-44(56)59-47(8-3)37-26-40-45-35(28-51(40)31(5)36(37)29-58-46(47)57)33(7-2)34-25-32(52)21-22-38(34)50-45/h21-22,25-26,30,39,52H,5-20,23-24,27-29H2,1-4H3,(H2,48,54)(H,49,55)/t30-,39+,47-/m0/s1. The second-order valence-electron chi connectivity index (χ2n) is 16.5. The van der Waals surface area contributed by atoms with Gasteiger partial charge in [0, 0.05) is 47.1 Å². The molecule has 320 valence electrons. The number of Topliss-reactive ketones (excluding diaryl/α,β-unsaturated/α-hetero) is 1. The number of esters is 2. The van der Waals surface area contributed by atoms with E-state index in [1.807, 2.05) is 17.9 Å². The highest BCUT2D eigenvalue weighted by molar-refractivity contribution is 5.95. The molecule has 0 unspecified atom stereocenters. The number of aryl methyl sites for hydroxylation is 1. The number of nitrogens with two attached hydrogens (primary N) is 1. The summed E-state index contributed by atoms with van der Waals surface area (Å²) in [6.45, 7) is 12.7. The number of phenols is 1. The first-order valence-electron chi connectivity index (χ1n) is 21.9. The van der Waals surface area contributed by atoms with Crippen LogP contribution in [0.1, 0.15) is 154 Å². The number of ketones is 1. The summed E-state index contributed by atoms with van der Waals surface area (Å²) in [4.78, 5) is 72.2. The van der Waals surface area contributed by atoms with E-state index >= 15 is 0 Å². The number of aromatic hydroxyl groups is 1. The number of hydrogen-bond acceptors (Lipinski definition) is 10. The van der Waals surface area contributed by atoms with Gasteiger partial charge in [0.2, 0.25) is 17.4 Å². The molecule has 12 nitrogen and oxygen atoms in total. The van der Waals surface area contributed by atoms with Gasteiger partial charge in [0.25, 0.3) is 0 Å². The number of phenolic OH excluding ortho intramolecular Hbond substituents is 1. The Balaban J connectivity index is 1.17. The van der Waals surface area contributed by atoms with Gasteiger partial charge in [-0.25, -0.2) is 9.78 Å². The van der Waals surface area contributed by atoms with E-state index in [1.54, 1.807) is 25.1 Å². The van der Waals surface area contributed by atoms with Crippen LogP contribution in [0.15, 0.2) is 47.7 Å². The Morgan fingerprint density at radius 1 is 1.00 bits per heavy atom. The molecule has 59 heavy (non-hydrogen) atoms. The number of cyclic esters (lactones) is 1. The average Bonchev–Trinajstić information content (AvgIpc) is 3.57. The summed E-state index contributed by atoms with van der Waals surface area (Å²) < 4.78 is 11.7. The lowest BCUT2D eigenvalue weighted by atomic mass is 9.81. The smallest absolute Gasteiger partial charge is 0.355 e. The summed E-state index contributed by atoms with van der Waals surface area (Å²) >= 11 is 0. The lowest BCUT2D eigenvalue weighted by Gasteiger charge is -2.41. The van der Waals surface area contributed by atoms with E-state index in [-0.39, 0.29) is 68.5 Å². The number of unbranched alkanes of at least 4 members (excludes halogenated alkanes) is 10. The van der Waals surface area contributed by atoms with E-state index < -0.39 is 29.5 Å². The van der Waals surface area contributed by atoms with Crippen LogP contribution in [-0.2, 0) is 46.4 Å². The van der Waals surface area contributed by atoms with Gasteiger partial charge >= 0.3 is 11.9 Å². The number of rotatable bonds is 24. The largest absolute Gasteiger partial charge is 0.508 e. The maximum atomic E-state index is 13.6. The number of carbonyl (C=O) groups excluding carboxylic acids is 5. The van der Waals surface area contributed by atoms with Crippen LogP contribution in [0, 0.1) is 5.92 Å². The van der Waals surface area contributed by atoms with Gasteiger partial charge in [-0.15, -0.1) is 0 Å². The molecule has 1 aromatic heterocycles. The van der Waals surface area contributed by atoms with Gasteiger partial charge < -0.3 is 30.5 Å². The summed E-state index contributed by atoms with van der Waals surface area (Å²) in [5, 5.41) is 13.8. The quantitative estimate of drug-likeness (QED) is 0.0692. The molecule has 3 atom stereocenters. The van der Waals surface area contributed by atoms with Gasteiger partial charge in [-0.1, -0.05) is 98.5 Å². The summed E-state index contributed by atoms with van der Waals surface area (Å²) in [7, 11) is 0. The number of nitrogens with one attached hydrogen (secondary N) is 1. The van der Waals surface area contributed by atoms with Crippen LogP contribution in [0.3, 0.4) is 0 Å². The summed E-state index contributed by atoms with van der Waals surface area (Å²) in [6.07, 6.45) is 15.7. The van der Waals surface area contributed by atoms with Crippen molar-refractivity contribution in [3.8, 4) is 5.75 Å². The molecule has 0 aliphatic carbocycles. The lowest BCUT2D eigenvalue weighted by molar-refractivity contribution is -0.180. The molecule has 0 radical (unpaired) electrons. The molecule has 1 aromatic carbocycles. The molecule has 3 aliphatic rings. The minimum absolute atomic E-state index is 0.0163. The molecule has 2 amide bonds. The molecule has 0 spiro atoms. The van der Waals surface area contributed by atoms with Crippen molar-refractivity contribution in [1.29, 1.82) is 0 Å². The van der Waals surface area contributed by atoms with Crippen molar-refractivity contribution >= 4 is 46.1 Å². The molecule has 4 N–H and O–H groups in total. The highest BCUT2D eigenvalue weighted by Gasteiger charge is 2.52. The maximum absolute atomic E-state index is 13.6. The fraction of sp³-hybridized carbons (Fsp3) is 0.574. The van der Waals surface area contributed by atoms with Crippen molar-refractivity contribution in [1.82, 2.24) is 15.2 Å². The van der Waals surface area contributed by atoms with Crippen LogP contribution in [0.4, 0.5) is 0 Å². The van der Waals surface area contributed by atoms with Crippen molar-refractivity contribution in [2.75, 3.05) is 6.61 Å². The van der Waals surface area contributed by atoms with Crippen molar-refractivity contribution in [3.05, 3.63) is 64.5 Å². The van der Waals surface area contributed by atoms with Crippen molar-refractivity contribution < 1.29 is 38.6 Å². The Morgan fingerprint density at radius 3 is 2.32 bits per heavy atom. The minimum Gasteiger partial charge on any atom is -0.508 e. The van der Waals surface area contributed by atoms with Crippen LogP contribution >= 0.6 is 0 Å². The summed E-state index contributed by atoms with van der Waals surface area (Å²) in [5.41, 5.74) is 9.87. The SMILES string of the molecule is C=C1C2=C(C=C3c4nc5ccc(O)cc5c(CC)c4CN13)[C@](CC)(OC(=O)CC[C@H](C)CC(=O)[C@@H](CC(N)=O)NC(=O)CCCCCCCCCCCCC)C(=O)OC2. The van der Waals surface area contributed by atoms with Crippen LogP contribution in [-0.4, -0.2) is 62.8 Å². The number of fused-ring (bicyclic) bond motifs is 4. The minimum atomic E-state index is -1.71.